The van der Waals surface area contributed by atoms with Gasteiger partial charge in [-0.15, -0.1) is 0 Å². The highest BCUT2D eigenvalue weighted by Crippen LogP contribution is 2.49. The van der Waals surface area contributed by atoms with Crippen LogP contribution < -0.4 is 10.5 Å². The SMILES string of the molecule is COc1ccc(C2(N)CC2)c(O)c1Br. The number of methoxy groups -OCH3 is 1. The van der Waals surface area contributed by atoms with Crippen LogP contribution in [0.15, 0.2) is 16.6 Å². The minimum Gasteiger partial charge on any atom is -0.506 e. The highest BCUT2D eigenvalue weighted by atomic mass is 79.9. The van der Waals surface area contributed by atoms with Gasteiger partial charge in [-0.3, -0.25) is 0 Å². The van der Waals surface area contributed by atoms with E-state index in [9.17, 15) is 5.11 Å². The van der Waals surface area contributed by atoms with Gasteiger partial charge in [-0.25, -0.2) is 0 Å². The Bertz CT molecular complexity index is 375. The summed E-state index contributed by atoms with van der Waals surface area (Å²) in [6, 6.07) is 3.64. The maximum atomic E-state index is 9.88. The van der Waals surface area contributed by atoms with Crippen molar-refractivity contribution in [3.63, 3.8) is 0 Å². The van der Waals surface area contributed by atoms with Crippen molar-refractivity contribution >= 4 is 15.9 Å². The second kappa shape index (κ2) is 3.14. The van der Waals surface area contributed by atoms with E-state index < -0.39 is 0 Å². The number of nitrogens with two attached hydrogens (primary N) is 1. The molecule has 0 atom stereocenters. The summed E-state index contributed by atoms with van der Waals surface area (Å²) in [4.78, 5) is 0. The molecule has 0 amide bonds. The Hall–Kier alpha value is -0.740. The van der Waals surface area contributed by atoms with E-state index >= 15 is 0 Å². The molecule has 0 unspecified atom stereocenters. The molecule has 2 rings (SSSR count). The van der Waals surface area contributed by atoms with Crippen LogP contribution in [0.25, 0.3) is 0 Å². The topological polar surface area (TPSA) is 55.5 Å². The Labute approximate surface area is 91.0 Å². The molecule has 0 saturated heterocycles. The van der Waals surface area contributed by atoms with Crippen LogP contribution in [-0.4, -0.2) is 12.2 Å². The Morgan fingerprint density at radius 3 is 2.64 bits per heavy atom. The lowest BCUT2D eigenvalue weighted by molar-refractivity contribution is 0.400. The highest BCUT2D eigenvalue weighted by Gasteiger charge is 2.42. The molecule has 1 aromatic carbocycles. The molecule has 0 heterocycles. The first-order valence-corrected chi connectivity index (χ1v) is 5.22. The second-order valence-corrected chi connectivity index (χ2v) is 4.43. The van der Waals surface area contributed by atoms with Crippen molar-refractivity contribution in [3.8, 4) is 11.5 Å². The minimum absolute atomic E-state index is 0.198. The molecule has 1 aliphatic carbocycles. The summed E-state index contributed by atoms with van der Waals surface area (Å²) >= 11 is 3.28. The molecule has 3 nitrogen and oxygen atoms in total. The molecule has 1 aromatic rings. The molecule has 3 N–H and O–H groups in total. The van der Waals surface area contributed by atoms with Crippen LogP contribution in [0.5, 0.6) is 11.5 Å². The Kier molecular flexibility index (Phi) is 2.20. The van der Waals surface area contributed by atoms with Gasteiger partial charge >= 0.3 is 0 Å². The van der Waals surface area contributed by atoms with Crippen LogP contribution in [0.4, 0.5) is 0 Å². The number of rotatable bonds is 2. The second-order valence-electron chi connectivity index (χ2n) is 3.63. The number of ether oxygens (including phenoxy) is 1. The van der Waals surface area contributed by atoms with Crippen molar-refractivity contribution in [1.82, 2.24) is 0 Å². The van der Waals surface area contributed by atoms with Crippen molar-refractivity contribution in [3.05, 3.63) is 22.2 Å². The third-order valence-corrected chi connectivity index (χ3v) is 3.39. The molecular formula is C10H12BrNO2. The maximum Gasteiger partial charge on any atom is 0.138 e. The summed E-state index contributed by atoms with van der Waals surface area (Å²) in [5, 5.41) is 9.88. The van der Waals surface area contributed by atoms with Crippen molar-refractivity contribution in [2.75, 3.05) is 7.11 Å². The van der Waals surface area contributed by atoms with E-state index in [1.807, 2.05) is 12.1 Å². The fourth-order valence-corrected chi connectivity index (χ4v) is 2.02. The lowest BCUT2D eigenvalue weighted by atomic mass is 10.0. The van der Waals surface area contributed by atoms with Crippen LogP contribution in [-0.2, 0) is 5.54 Å². The van der Waals surface area contributed by atoms with Crippen LogP contribution in [0.1, 0.15) is 18.4 Å². The monoisotopic (exact) mass is 257 g/mol. The highest BCUT2D eigenvalue weighted by molar-refractivity contribution is 9.10. The van der Waals surface area contributed by atoms with Gasteiger partial charge in [0, 0.05) is 11.1 Å². The van der Waals surface area contributed by atoms with Gasteiger partial charge in [0.15, 0.2) is 0 Å². The smallest absolute Gasteiger partial charge is 0.138 e. The zero-order chi connectivity index (χ0) is 10.3. The molecule has 0 radical (unpaired) electrons. The van der Waals surface area contributed by atoms with Crippen LogP contribution in [0.3, 0.4) is 0 Å². The third kappa shape index (κ3) is 1.38. The number of benzene rings is 1. The standard InChI is InChI=1S/C10H12BrNO2/c1-14-7-3-2-6(9(13)8(7)11)10(12)4-5-10/h2-3,13H,4-5,12H2,1H3. The molecular weight excluding hydrogens is 246 g/mol. The van der Waals surface area contributed by atoms with E-state index in [0.717, 1.165) is 18.4 Å². The van der Waals surface area contributed by atoms with E-state index in [1.54, 1.807) is 7.11 Å². The van der Waals surface area contributed by atoms with Gasteiger partial charge in [0.1, 0.15) is 16.0 Å². The molecule has 1 fully saturated rings. The van der Waals surface area contributed by atoms with E-state index in [0.29, 0.717) is 10.2 Å². The van der Waals surface area contributed by atoms with Gasteiger partial charge in [0.05, 0.1) is 7.11 Å². The van der Waals surface area contributed by atoms with Crippen molar-refractivity contribution < 1.29 is 9.84 Å². The summed E-state index contributed by atoms with van der Waals surface area (Å²) < 4.78 is 5.64. The first-order valence-electron chi connectivity index (χ1n) is 4.43. The largest absolute Gasteiger partial charge is 0.506 e. The van der Waals surface area contributed by atoms with Crippen molar-refractivity contribution in [2.45, 2.75) is 18.4 Å². The van der Waals surface area contributed by atoms with E-state index in [1.165, 1.54) is 0 Å². The fraction of sp³-hybridized carbons (Fsp3) is 0.400. The Morgan fingerprint density at radius 2 is 2.14 bits per heavy atom. The van der Waals surface area contributed by atoms with E-state index in [-0.39, 0.29) is 11.3 Å². The van der Waals surface area contributed by atoms with Gasteiger partial charge in [0.25, 0.3) is 0 Å². The number of aromatic hydroxyl groups is 1. The molecule has 14 heavy (non-hydrogen) atoms. The number of phenols is 1. The summed E-state index contributed by atoms with van der Waals surface area (Å²) in [6.45, 7) is 0. The molecule has 0 aromatic heterocycles. The number of hydrogen-bond acceptors (Lipinski definition) is 3. The molecule has 0 spiro atoms. The van der Waals surface area contributed by atoms with E-state index in [2.05, 4.69) is 15.9 Å². The summed E-state index contributed by atoms with van der Waals surface area (Å²) in [6.07, 6.45) is 1.86. The average Bonchev–Trinajstić information content (AvgIpc) is 2.89. The van der Waals surface area contributed by atoms with Crippen LogP contribution in [0, 0.1) is 0 Å². The Balaban J connectivity index is 2.49. The predicted octanol–water partition coefficient (Wildman–Crippen LogP) is 2.11. The normalized spacial score (nSPS) is 17.9. The van der Waals surface area contributed by atoms with Gasteiger partial charge in [-0.05, 0) is 40.9 Å². The van der Waals surface area contributed by atoms with Gasteiger partial charge in [-0.1, -0.05) is 0 Å². The maximum absolute atomic E-state index is 9.88. The predicted molar refractivity (Wildman–Crippen MR) is 57.5 cm³/mol. The zero-order valence-corrected chi connectivity index (χ0v) is 9.47. The zero-order valence-electron chi connectivity index (χ0n) is 7.88. The molecule has 4 heteroatoms. The summed E-state index contributed by atoms with van der Waals surface area (Å²) in [7, 11) is 1.56. The van der Waals surface area contributed by atoms with Crippen LogP contribution >= 0.6 is 15.9 Å². The summed E-state index contributed by atoms with van der Waals surface area (Å²) in [5.74, 6) is 0.819. The van der Waals surface area contributed by atoms with E-state index in [4.69, 9.17) is 10.5 Å². The van der Waals surface area contributed by atoms with Crippen LogP contribution in [0.2, 0.25) is 0 Å². The number of hydrogen-bond donors (Lipinski definition) is 2. The first-order chi connectivity index (χ1) is 6.58. The average molecular weight is 258 g/mol. The van der Waals surface area contributed by atoms with Crippen molar-refractivity contribution in [2.24, 2.45) is 5.73 Å². The van der Waals surface area contributed by atoms with Gasteiger partial charge in [-0.2, -0.15) is 0 Å². The lowest BCUT2D eigenvalue weighted by Gasteiger charge is -2.14. The fourth-order valence-electron chi connectivity index (χ4n) is 1.51. The molecule has 1 aliphatic rings. The lowest BCUT2D eigenvalue weighted by Crippen LogP contribution is -2.18. The quantitative estimate of drug-likeness (QED) is 0.854. The minimum atomic E-state index is -0.321. The molecule has 0 aliphatic heterocycles. The van der Waals surface area contributed by atoms with Gasteiger partial charge < -0.3 is 15.6 Å². The summed E-state index contributed by atoms with van der Waals surface area (Å²) in [5.41, 5.74) is 6.48. The molecule has 76 valence electrons. The Morgan fingerprint density at radius 1 is 1.50 bits per heavy atom. The number of halogens is 1. The molecule has 0 bridgehead atoms. The molecule has 1 saturated carbocycles. The number of phenolic OH excluding ortho intramolecular Hbond substituents is 1. The first kappa shape index (κ1) is 9.80. The third-order valence-electron chi connectivity index (χ3n) is 2.63. The van der Waals surface area contributed by atoms with Gasteiger partial charge in [0.2, 0.25) is 0 Å². The van der Waals surface area contributed by atoms with Crippen molar-refractivity contribution in [1.29, 1.82) is 0 Å².